The van der Waals surface area contributed by atoms with E-state index in [-0.39, 0.29) is 22.6 Å². The van der Waals surface area contributed by atoms with Crippen molar-refractivity contribution in [2.75, 3.05) is 0 Å². The van der Waals surface area contributed by atoms with Crippen LogP contribution in [0.15, 0.2) is 0 Å². The zero-order valence-corrected chi connectivity index (χ0v) is 6.42. The Morgan fingerprint density at radius 2 is 1.40 bits per heavy atom. The molecule has 2 bridgehead atoms. The van der Waals surface area contributed by atoms with Gasteiger partial charge in [0.2, 0.25) is 0 Å². The van der Waals surface area contributed by atoms with Crippen LogP contribution in [0, 0.1) is 0 Å². The molecule has 2 amide bonds. The molecule has 3 rings (SSSR count). The summed E-state index contributed by atoms with van der Waals surface area (Å²) >= 11 is 0. The molecule has 0 aromatic rings. The first-order valence-corrected chi connectivity index (χ1v) is 4.98. The molecule has 0 radical (unpaired) electrons. The summed E-state index contributed by atoms with van der Waals surface area (Å²) in [6.07, 6.45) is 0. The lowest BCUT2D eigenvalue weighted by Crippen LogP contribution is -2.61. The molecule has 54 valence electrons. The van der Waals surface area contributed by atoms with E-state index in [1.165, 1.54) is 21.6 Å². The molecule has 0 unspecified atom stereocenters. The molecule has 6 heteroatoms. The second kappa shape index (κ2) is 2.06. The Balaban J connectivity index is 2.23. The average Bonchev–Trinajstić information content (AvgIpc) is 1.91. The minimum atomic E-state index is -0.373. The van der Waals surface area contributed by atoms with Crippen molar-refractivity contribution in [3.8, 4) is 0 Å². The van der Waals surface area contributed by atoms with Gasteiger partial charge in [0.1, 0.15) is 0 Å². The first-order chi connectivity index (χ1) is 4.77. The largest absolute Gasteiger partial charge is 0.333 e. The van der Waals surface area contributed by atoms with Crippen LogP contribution in [-0.4, -0.2) is 22.6 Å². The van der Waals surface area contributed by atoms with Crippen molar-refractivity contribution in [3.63, 3.8) is 0 Å². The number of hydrogen-bond donors (Lipinski definition) is 2. The third-order valence-electron chi connectivity index (χ3n) is 1.27. The van der Waals surface area contributed by atoms with E-state index in [1.807, 2.05) is 0 Å². The summed E-state index contributed by atoms with van der Waals surface area (Å²) in [5.74, 6) is -0.179. The molecule has 0 saturated carbocycles. The van der Waals surface area contributed by atoms with Gasteiger partial charge in [-0.1, -0.05) is 21.6 Å². The van der Waals surface area contributed by atoms with Gasteiger partial charge in [-0.05, 0) is 0 Å². The SMILES string of the molecule is O=C1N[C@H]2SS[C@@H]1NC2=O. The van der Waals surface area contributed by atoms with E-state index in [4.69, 9.17) is 0 Å². The second-order valence-corrected chi connectivity index (χ2v) is 4.45. The van der Waals surface area contributed by atoms with E-state index in [0.29, 0.717) is 0 Å². The molecular formula is C4H4N2O2S2. The van der Waals surface area contributed by atoms with Crippen molar-refractivity contribution in [1.82, 2.24) is 10.6 Å². The first kappa shape index (κ1) is 6.36. The van der Waals surface area contributed by atoms with E-state index < -0.39 is 0 Å². The smallest absolute Gasteiger partial charge is 0.255 e. The zero-order chi connectivity index (χ0) is 7.14. The molecule has 0 aliphatic carbocycles. The summed E-state index contributed by atoms with van der Waals surface area (Å²) in [6, 6.07) is 0. The normalized spacial score (nSPS) is 37.2. The standard InChI is InChI=1S/C4H4N2O2S2/c7-1-3-6-2(8)4(5-1)10-9-3/h3-4H,(H,5,7)(H,6,8)/t3-,4-/m0/s1. The van der Waals surface area contributed by atoms with E-state index in [1.54, 1.807) is 0 Å². The number of carbonyl (C=O) groups excluding carboxylic acids is 2. The molecule has 3 aliphatic heterocycles. The maximum Gasteiger partial charge on any atom is 0.255 e. The third-order valence-corrected chi connectivity index (χ3v) is 3.92. The molecule has 3 aliphatic rings. The highest BCUT2D eigenvalue weighted by Gasteiger charge is 2.40. The molecule has 0 aromatic carbocycles. The maximum absolute atomic E-state index is 10.8. The predicted molar refractivity (Wildman–Crippen MR) is 39.0 cm³/mol. The number of piperazine rings is 1. The number of fused-ring (bicyclic) bond motifs is 3. The molecule has 3 heterocycles. The molecule has 3 saturated heterocycles. The highest BCUT2D eigenvalue weighted by atomic mass is 33.1. The number of rotatable bonds is 0. The second-order valence-electron chi connectivity index (χ2n) is 1.97. The van der Waals surface area contributed by atoms with Crippen molar-refractivity contribution >= 4 is 33.4 Å². The topological polar surface area (TPSA) is 58.2 Å². The van der Waals surface area contributed by atoms with Crippen LogP contribution in [-0.2, 0) is 9.59 Å². The molecule has 0 aromatic heterocycles. The summed E-state index contributed by atoms with van der Waals surface area (Å²) in [5, 5.41) is 4.37. The van der Waals surface area contributed by atoms with E-state index in [9.17, 15) is 9.59 Å². The minimum Gasteiger partial charge on any atom is -0.333 e. The van der Waals surface area contributed by atoms with Gasteiger partial charge in [-0.2, -0.15) is 0 Å². The first-order valence-electron chi connectivity index (χ1n) is 2.70. The Labute approximate surface area is 64.9 Å². The highest BCUT2D eigenvalue weighted by Crippen LogP contribution is 2.36. The monoisotopic (exact) mass is 176 g/mol. The van der Waals surface area contributed by atoms with E-state index in [2.05, 4.69) is 10.6 Å². The zero-order valence-electron chi connectivity index (χ0n) is 4.79. The van der Waals surface area contributed by atoms with E-state index >= 15 is 0 Å². The summed E-state index contributed by atoms with van der Waals surface area (Å²) in [6.45, 7) is 0. The summed E-state index contributed by atoms with van der Waals surface area (Å²) in [5.41, 5.74) is 0. The fourth-order valence-corrected chi connectivity index (χ4v) is 3.13. The minimum absolute atomic E-state index is 0.0895. The quantitative estimate of drug-likeness (QED) is 0.478. The van der Waals surface area contributed by atoms with Crippen LogP contribution in [0.25, 0.3) is 0 Å². The lowest BCUT2D eigenvalue weighted by Gasteiger charge is -2.33. The van der Waals surface area contributed by atoms with Crippen LogP contribution in [0.4, 0.5) is 0 Å². The van der Waals surface area contributed by atoms with Gasteiger partial charge < -0.3 is 10.6 Å². The number of amides is 2. The number of carbonyl (C=O) groups is 2. The summed E-state index contributed by atoms with van der Waals surface area (Å²) in [4.78, 5) is 21.7. The summed E-state index contributed by atoms with van der Waals surface area (Å²) < 4.78 is 0. The van der Waals surface area contributed by atoms with Gasteiger partial charge in [0, 0.05) is 0 Å². The van der Waals surface area contributed by atoms with Gasteiger partial charge in [-0.3, -0.25) is 9.59 Å². The Bertz CT molecular complexity index is 185. The predicted octanol–water partition coefficient (Wildman–Crippen LogP) is -0.720. The molecule has 4 nitrogen and oxygen atoms in total. The fourth-order valence-electron chi connectivity index (χ4n) is 0.788. The van der Waals surface area contributed by atoms with Gasteiger partial charge in [-0.25, -0.2) is 0 Å². The summed E-state index contributed by atoms with van der Waals surface area (Å²) in [7, 11) is 2.80. The third kappa shape index (κ3) is 0.791. The van der Waals surface area contributed by atoms with Crippen LogP contribution >= 0.6 is 21.6 Å². The average molecular weight is 176 g/mol. The number of nitrogens with one attached hydrogen (secondary N) is 2. The van der Waals surface area contributed by atoms with Crippen molar-refractivity contribution in [1.29, 1.82) is 0 Å². The van der Waals surface area contributed by atoms with Crippen LogP contribution in [0.2, 0.25) is 0 Å². The molecule has 10 heavy (non-hydrogen) atoms. The molecule has 0 spiro atoms. The molecule has 3 fully saturated rings. The Morgan fingerprint density at radius 3 is 1.60 bits per heavy atom. The Hall–Kier alpha value is -0.360. The lowest BCUT2D eigenvalue weighted by atomic mass is 10.4. The fraction of sp³-hybridized carbons (Fsp3) is 0.500. The van der Waals surface area contributed by atoms with Gasteiger partial charge in [-0.15, -0.1) is 0 Å². The molecule has 2 N–H and O–H groups in total. The van der Waals surface area contributed by atoms with Gasteiger partial charge >= 0.3 is 0 Å². The lowest BCUT2D eigenvalue weighted by molar-refractivity contribution is -0.132. The van der Waals surface area contributed by atoms with Gasteiger partial charge in [0.25, 0.3) is 11.8 Å². The highest BCUT2D eigenvalue weighted by molar-refractivity contribution is 8.77. The van der Waals surface area contributed by atoms with Crippen LogP contribution < -0.4 is 10.6 Å². The molecular weight excluding hydrogens is 172 g/mol. The van der Waals surface area contributed by atoms with Crippen molar-refractivity contribution < 1.29 is 9.59 Å². The Morgan fingerprint density at radius 1 is 1.00 bits per heavy atom. The van der Waals surface area contributed by atoms with Crippen LogP contribution in [0.1, 0.15) is 0 Å². The number of hydrogen-bond acceptors (Lipinski definition) is 4. The van der Waals surface area contributed by atoms with Crippen molar-refractivity contribution in [2.24, 2.45) is 0 Å². The maximum atomic E-state index is 10.8. The van der Waals surface area contributed by atoms with Crippen molar-refractivity contribution in [3.05, 3.63) is 0 Å². The van der Waals surface area contributed by atoms with Gasteiger partial charge in [0.15, 0.2) is 10.7 Å². The van der Waals surface area contributed by atoms with Crippen LogP contribution in [0.3, 0.4) is 0 Å². The van der Waals surface area contributed by atoms with Crippen LogP contribution in [0.5, 0.6) is 0 Å². The molecule has 2 atom stereocenters. The van der Waals surface area contributed by atoms with E-state index in [0.717, 1.165) is 0 Å². The van der Waals surface area contributed by atoms with Gasteiger partial charge in [0.05, 0.1) is 0 Å². The van der Waals surface area contributed by atoms with Crippen molar-refractivity contribution in [2.45, 2.75) is 10.7 Å². The Kier molecular flexibility index (Phi) is 1.31.